The molecule has 0 heterocycles. The Morgan fingerprint density at radius 2 is 1.95 bits per heavy atom. The van der Waals surface area contributed by atoms with Crippen LogP contribution in [0.3, 0.4) is 0 Å². The largest absolute Gasteiger partial charge is 0.310 e. The van der Waals surface area contributed by atoms with Crippen LogP contribution in [-0.2, 0) is 6.42 Å². The van der Waals surface area contributed by atoms with E-state index in [1.54, 1.807) is 6.07 Å². The molecule has 1 atom stereocenters. The summed E-state index contributed by atoms with van der Waals surface area (Å²) in [4.78, 5) is 0. The molecular weight excluding hydrogens is 285 g/mol. The van der Waals surface area contributed by atoms with E-state index in [1.807, 2.05) is 6.07 Å². The van der Waals surface area contributed by atoms with E-state index < -0.39 is 0 Å². The first kappa shape index (κ1) is 16.0. The van der Waals surface area contributed by atoms with Crippen molar-refractivity contribution in [2.75, 3.05) is 6.54 Å². The van der Waals surface area contributed by atoms with Crippen molar-refractivity contribution in [1.29, 1.82) is 0 Å². The molecule has 0 saturated heterocycles. The lowest BCUT2D eigenvalue weighted by Crippen LogP contribution is -2.24. The van der Waals surface area contributed by atoms with Gasteiger partial charge < -0.3 is 5.32 Å². The van der Waals surface area contributed by atoms with Crippen LogP contribution in [0.4, 0.5) is 4.39 Å². The fraction of sp³-hybridized carbons (Fsp3) is 0.333. The van der Waals surface area contributed by atoms with Crippen molar-refractivity contribution < 1.29 is 4.39 Å². The van der Waals surface area contributed by atoms with E-state index in [2.05, 4.69) is 43.4 Å². The van der Waals surface area contributed by atoms with Gasteiger partial charge in [-0.25, -0.2) is 4.39 Å². The smallest absolute Gasteiger partial charge is 0.142 e. The Morgan fingerprint density at radius 3 is 2.67 bits per heavy atom. The van der Waals surface area contributed by atoms with Crippen LogP contribution in [0.2, 0.25) is 5.02 Å². The van der Waals surface area contributed by atoms with E-state index in [1.165, 1.54) is 17.2 Å². The van der Waals surface area contributed by atoms with E-state index in [0.717, 1.165) is 24.9 Å². The summed E-state index contributed by atoms with van der Waals surface area (Å²) in [5, 5.41) is 3.69. The van der Waals surface area contributed by atoms with Crippen molar-refractivity contribution in [3.63, 3.8) is 0 Å². The van der Waals surface area contributed by atoms with Crippen molar-refractivity contribution in [2.45, 2.75) is 32.7 Å². The van der Waals surface area contributed by atoms with Gasteiger partial charge in [-0.05, 0) is 43.5 Å². The van der Waals surface area contributed by atoms with Gasteiger partial charge in [-0.1, -0.05) is 60.5 Å². The average Bonchev–Trinajstić information content (AvgIpc) is 2.47. The fourth-order valence-electron chi connectivity index (χ4n) is 2.48. The summed E-state index contributed by atoms with van der Waals surface area (Å²) in [5.74, 6) is -0.360. The number of nitrogens with one attached hydrogen (secondary N) is 1. The summed E-state index contributed by atoms with van der Waals surface area (Å²) in [6.07, 6.45) is 1.82. The molecule has 0 fully saturated rings. The van der Waals surface area contributed by atoms with Gasteiger partial charge in [-0.15, -0.1) is 0 Å². The van der Waals surface area contributed by atoms with Gasteiger partial charge in [0.1, 0.15) is 5.82 Å². The minimum atomic E-state index is -0.360. The number of benzene rings is 2. The molecular formula is C18H21ClFN. The van der Waals surface area contributed by atoms with Gasteiger partial charge in [0.15, 0.2) is 0 Å². The molecule has 0 aliphatic heterocycles. The minimum Gasteiger partial charge on any atom is -0.310 e. The zero-order valence-electron chi connectivity index (χ0n) is 12.5. The molecule has 0 aromatic heterocycles. The maximum Gasteiger partial charge on any atom is 0.142 e. The Bertz CT molecular complexity index is 598. The zero-order valence-corrected chi connectivity index (χ0v) is 13.3. The molecule has 1 unspecified atom stereocenters. The summed E-state index contributed by atoms with van der Waals surface area (Å²) in [6.45, 7) is 5.07. The molecule has 0 aliphatic carbocycles. The van der Waals surface area contributed by atoms with Gasteiger partial charge in [-0.3, -0.25) is 0 Å². The molecule has 0 radical (unpaired) electrons. The number of rotatable bonds is 6. The molecule has 0 bridgehead atoms. The molecule has 1 nitrogen and oxygen atoms in total. The maximum atomic E-state index is 13.7. The Hall–Kier alpha value is -1.38. The molecule has 2 aromatic rings. The predicted octanol–water partition coefficient (Wildman–Crippen LogP) is 5.07. The van der Waals surface area contributed by atoms with Crippen LogP contribution < -0.4 is 5.32 Å². The normalized spacial score (nSPS) is 12.4. The standard InChI is InChI=1S/C18H21ClFN/c1-3-10-21-17(12-14-7-4-6-13(2)11-14)15-8-5-9-16(20)18(15)19/h4-9,11,17,21H,3,10,12H2,1-2H3. The number of hydrogen-bond donors (Lipinski definition) is 1. The van der Waals surface area contributed by atoms with Crippen molar-refractivity contribution in [2.24, 2.45) is 0 Å². The third-order valence-electron chi connectivity index (χ3n) is 3.52. The lowest BCUT2D eigenvalue weighted by Gasteiger charge is -2.21. The third kappa shape index (κ3) is 4.29. The Balaban J connectivity index is 2.27. The van der Waals surface area contributed by atoms with Crippen molar-refractivity contribution >= 4 is 11.6 Å². The molecule has 0 spiro atoms. The molecule has 112 valence electrons. The van der Waals surface area contributed by atoms with E-state index in [0.29, 0.717) is 0 Å². The van der Waals surface area contributed by atoms with Gasteiger partial charge in [0.25, 0.3) is 0 Å². The van der Waals surface area contributed by atoms with Gasteiger partial charge in [0.05, 0.1) is 5.02 Å². The van der Waals surface area contributed by atoms with Gasteiger partial charge in [-0.2, -0.15) is 0 Å². The van der Waals surface area contributed by atoms with Crippen LogP contribution in [-0.4, -0.2) is 6.54 Å². The predicted molar refractivity (Wildman–Crippen MR) is 87.3 cm³/mol. The van der Waals surface area contributed by atoms with E-state index in [9.17, 15) is 4.39 Å². The van der Waals surface area contributed by atoms with Crippen molar-refractivity contribution in [3.8, 4) is 0 Å². The zero-order chi connectivity index (χ0) is 15.2. The SMILES string of the molecule is CCCNC(Cc1cccc(C)c1)c1cccc(F)c1Cl. The molecule has 2 aromatic carbocycles. The third-order valence-corrected chi connectivity index (χ3v) is 3.92. The Kier molecular flexibility index (Phi) is 5.77. The molecule has 2 rings (SSSR count). The quantitative estimate of drug-likeness (QED) is 0.785. The fourth-order valence-corrected chi connectivity index (χ4v) is 2.73. The molecule has 3 heteroatoms. The monoisotopic (exact) mass is 305 g/mol. The topological polar surface area (TPSA) is 12.0 Å². The van der Waals surface area contributed by atoms with Crippen LogP contribution >= 0.6 is 11.6 Å². The van der Waals surface area contributed by atoms with Crippen LogP contribution in [0.25, 0.3) is 0 Å². The summed E-state index contributed by atoms with van der Waals surface area (Å²) in [7, 11) is 0. The lowest BCUT2D eigenvalue weighted by molar-refractivity contribution is 0.524. The van der Waals surface area contributed by atoms with Crippen LogP contribution in [0.15, 0.2) is 42.5 Å². The van der Waals surface area contributed by atoms with Crippen molar-refractivity contribution in [1.82, 2.24) is 5.32 Å². The summed E-state index contributed by atoms with van der Waals surface area (Å²) in [6, 6.07) is 13.4. The summed E-state index contributed by atoms with van der Waals surface area (Å²) in [5.41, 5.74) is 3.28. The lowest BCUT2D eigenvalue weighted by atomic mass is 9.97. The molecule has 0 aliphatic rings. The molecule has 0 saturated carbocycles. The van der Waals surface area contributed by atoms with Crippen molar-refractivity contribution in [3.05, 3.63) is 70.0 Å². The second-order valence-electron chi connectivity index (χ2n) is 5.34. The molecule has 21 heavy (non-hydrogen) atoms. The first-order chi connectivity index (χ1) is 10.1. The van der Waals surface area contributed by atoms with E-state index >= 15 is 0 Å². The maximum absolute atomic E-state index is 13.7. The summed E-state index contributed by atoms with van der Waals surface area (Å²) < 4.78 is 13.7. The van der Waals surface area contributed by atoms with E-state index in [-0.39, 0.29) is 16.9 Å². The van der Waals surface area contributed by atoms with Gasteiger partial charge in [0, 0.05) is 6.04 Å². The highest BCUT2D eigenvalue weighted by Crippen LogP contribution is 2.28. The van der Waals surface area contributed by atoms with Crippen LogP contribution in [0.5, 0.6) is 0 Å². The van der Waals surface area contributed by atoms with E-state index in [4.69, 9.17) is 11.6 Å². The highest BCUT2D eigenvalue weighted by Gasteiger charge is 2.17. The number of aryl methyl sites for hydroxylation is 1. The minimum absolute atomic E-state index is 0.0231. The Morgan fingerprint density at radius 1 is 1.19 bits per heavy atom. The first-order valence-corrected chi connectivity index (χ1v) is 7.72. The van der Waals surface area contributed by atoms with Gasteiger partial charge in [0.2, 0.25) is 0 Å². The second-order valence-corrected chi connectivity index (χ2v) is 5.72. The first-order valence-electron chi connectivity index (χ1n) is 7.34. The summed E-state index contributed by atoms with van der Waals surface area (Å²) >= 11 is 6.15. The highest BCUT2D eigenvalue weighted by molar-refractivity contribution is 6.31. The average molecular weight is 306 g/mol. The number of hydrogen-bond acceptors (Lipinski definition) is 1. The second kappa shape index (κ2) is 7.58. The Labute approximate surface area is 131 Å². The molecule has 1 N–H and O–H groups in total. The van der Waals surface area contributed by atoms with Gasteiger partial charge >= 0.3 is 0 Å². The number of halogens is 2. The molecule has 0 amide bonds. The van der Waals surface area contributed by atoms with Crippen LogP contribution in [0.1, 0.15) is 36.1 Å². The highest BCUT2D eigenvalue weighted by atomic mass is 35.5. The van der Waals surface area contributed by atoms with Crippen LogP contribution in [0, 0.1) is 12.7 Å².